The smallest absolute Gasteiger partial charge is 0.326 e. The maximum absolute atomic E-state index is 10.4. The number of hydrogen-bond donors (Lipinski definition) is 3. The molecule has 12 heavy (non-hydrogen) atoms. The fourth-order valence-corrected chi connectivity index (χ4v) is 1.05. The number of carboxylic acid groups (broad SMARTS) is 1. The summed E-state index contributed by atoms with van der Waals surface area (Å²) in [4.78, 5) is 15.0. The monoisotopic (exact) mass is 193 g/mol. The third-order valence-electron chi connectivity index (χ3n) is 1.53. The Balaban J connectivity index is 2.70. The van der Waals surface area contributed by atoms with Crippen LogP contribution in [0.25, 0.3) is 0 Å². The van der Waals surface area contributed by atoms with Gasteiger partial charge in [0, 0.05) is 0 Å². The van der Waals surface area contributed by atoms with Crippen LogP contribution in [-0.2, 0) is 9.63 Å². The van der Waals surface area contributed by atoms with Crippen molar-refractivity contribution in [2.75, 3.05) is 0 Å². The van der Waals surface area contributed by atoms with Gasteiger partial charge in [0.15, 0.2) is 11.2 Å². The molecule has 1 heterocycles. The van der Waals surface area contributed by atoms with Gasteiger partial charge in [0.2, 0.25) is 5.72 Å². The molecule has 0 aliphatic carbocycles. The van der Waals surface area contributed by atoms with Gasteiger partial charge in [-0.25, -0.2) is 0 Å². The molecule has 0 bridgehead atoms. The minimum atomic E-state index is -1.51. The molecule has 0 aromatic carbocycles. The van der Waals surface area contributed by atoms with Gasteiger partial charge in [0.25, 0.3) is 0 Å². The summed E-state index contributed by atoms with van der Waals surface area (Å²) < 4.78 is 0. The highest BCUT2D eigenvalue weighted by Crippen LogP contribution is 2.22. The summed E-state index contributed by atoms with van der Waals surface area (Å²) in [5.41, 5.74) is 9.19. The van der Waals surface area contributed by atoms with Crippen LogP contribution in [0.4, 0.5) is 0 Å². The van der Waals surface area contributed by atoms with Crippen LogP contribution < -0.4 is 11.5 Å². The van der Waals surface area contributed by atoms with E-state index in [1.54, 1.807) is 0 Å². The average Bonchev–Trinajstić information content (AvgIpc) is 2.31. The fraction of sp³-hybridized carbons (Fsp3) is 0.600. The Morgan fingerprint density at radius 2 is 2.50 bits per heavy atom. The Bertz CT molecular complexity index is 244. The Labute approximate surface area is 73.1 Å². The third-order valence-corrected chi connectivity index (χ3v) is 1.73. The molecule has 5 N–H and O–H groups in total. The van der Waals surface area contributed by atoms with Crippen molar-refractivity contribution in [2.45, 2.75) is 18.2 Å². The van der Waals surface area contributed by atoms with Gasteiger partial charge >= 0.3 is 5.97 Å². The van der Waals surface area contributed by atoms with E-state index in [-0.39, 0.29) is 11.6 Å². The van der Waals surface area contributed by atoms with Gasteiger partial charge < -0.3 is 15.7 Å². The van der Waals surface area contributed by atoms with Crippen molar-refractivity contribution in [3.05, 3.63) is 0 Å². The van der Waals surface area contributed by atoms with E-state index in [4.69, 9.17) is 28.2 Å². The number of rotatable bonds is 2. The van der Waals surface area contributed by atoms with E-state index in [1.165, 1.54) is 0 Å². The summed E-state index contributed by atoms with van der Waals surface area (Å²) in [6.45, 7) is 0. The van der Waals surface area contributed by atoms with Gasteiger partial charge in [-0.05, 0) is 0 Å². The van der Waals surface area contributed by atoms with Gasteiger partial charge in [-0.15, -0.1) is 0 Å². The Hall–Kier alpha value is -0.850. The molecule has 1 aliphatic heterocycles. The lowest BCUT2D eigenvalue weighted by Gasteiger charge is -2.24. The Morgan fingerprint density at radius 1 is 1.92 bits per heavy atom. The van der Waals surface area contributed by atoms with Crippen molar-refractivity contribution in [3.63, 3.8) is 0 Å². The minimum Gasteiger partial charge on any atom is -0.480 e. The fourth-order valence-electron chi connectivity index (χ4n) is 0.803. The molecule has 0 saturated carbocycles. The maximum atomic E-state index is 10.4. The molecule has 1 aliphatic rings. The van der Waals surface area contributed by atoms with Gasteiger partial charge in [-0.3, -0.25) is 10.5 Å². The number of nitrogens with two attached hydrogens (primary N) is 2. The number of aliphatic carboxylic acids is 1. The van der Waals surface area contributed by atoms with Gasteiger partial charge in [-0.2, -0.15) is 0 Å². The van der Waals surface area contributed by atoms with Crippen molar-refractivity contribution in [1.82, 2.24) is 0 Å². The van der Waals surface area contributed by atoms with Gasteiger partial charge in [0.05, 0.1) is 6.42 Å². The number of oxime groups is 1. The minimum absolute atomic E-state index is 0.0159. The summed E-state index contributed by atoms with van der Waals surface area (Å²) in [6, 6.07) is -1.34. The first kappa shape index (κ1) is 9.24. The van der Waals surface area contributed by atoms with Crippen molar-refractivity contribution in [1.29, 1.82) is 0 Å². The highest BCUT2D eigenvalue weighted by Gasteiger charge is 2.44. The molecule has 2 atom stereocenters. The molecular formula is C5H8ClN3O3. The second-order valence-electron chi connectivity index (χ2n) is 2.51. The molecule has 0 saturated heterocycles. The van der Waals surface area contributed by atoms with E-state index in [2.05, 4.69) is 9.99 Å². The van der Waals surface area contributed by atoms with Crippen LogP contribution in [-0.4, -0.2) is 28.0 Å². The third kappa shape index (κ3) is 1.50. The standard InChI is InChI=1S/C5H8ClN3O3/c6-2-1-5(8,12-9-2)3(7)4(10)11/h3H,1,7-8H2,(H,10,11). The van der Waals surface area contributed by atoms with Crippen molar-refractivity contribution in [3.8, 4) is 0 Å². The number of hydrogen-bond acceptors (Lipinski definition) is 5. The zero-order valence-corrected chi connectivity index (χ0v) is 6.78. The molecule has 1 rings (SSSR count). The van der Waals surface area contributed by atoms with Crippen LogP contribution in [0.15, 0.2) is 5.16 Å². The molecule has 68 valence electrons. The van der Waals surface area contributed by atoms with Crippen molar-refractivity contribution >= 4 is 22.7 Å². The number of nitrogens with zero attached hydrogens (tertiary/aromatic N) is 1. The molecule has 2 unspecified atom stereocenters. The first-order valence-electron chi connectivity index (χ1n) is 3.13. The van der Waals surface area contributed by atoms with E-state index >= 15 is 0 Å². The quantitative estimate of drug-likeness (QED) is 0.522. The first-order chi connectivity index (χ1) is 5.46. The van der Waals surface area contributed by atoms with E-state index in [0.29, 0.717) is 0 Å². The zero-order chi connectivity index (χ0) is 9.35. The highest BCUT2D eigenvalue weighted by atomic mass is 35.5. The number of halogens is 1. The van der Waals surface area contributed by atoms with E-state index in [9.17, 15) is 4.79 Å². The lowest BCUT2D eigenvalue weighted by Crippen LogP contribution is -2.59. The molecule has 0 spiro atoms. The second kappa shape index (κ2) is 2.89. The molecule has 0 aromatic heterocycles. The van der Waals surface area contributed by atoms with E-state index in [0.717, 1.165) is 0 Å². The zero-order valence-electron chi connectivity index (χ0n) is 6.03. The van der Waals surface area contributed by atoms with Crippen molar-refractivity contribution < 1.29 is 14.7 Å². The maximum Gasteiger partial charge on any atom is 0.326 e. The predicted octanol–water partition coefficient (Wildman–Crippen LogP) is -0.974. The van der Waals surface area contributed by atoms with Crippen LogP contribution in [0, 0.1) is 0 Å². The van der Waals surface area contributed by atoms with Crippen LogP contribution >= 0.6 is 11.6 Å². The molecule has 6 nitrogen and oxygen atoms in total. The van der Waals surface area contributed by atoms with Gasteiger partial charge in [-0.1, -0.05) is 16.8 Å². The summed E-state index contributed by atoms with van der Waals surface area (Å²) in [5.74, 6) is -1.25. The first-order valence-corrected chi connectivity index (χ1v) is 3.51. The van der Waals surface area contributed by atoms with Crippen LogP contribution in [0.5, 0.6) is 0 Å². The van der Waals surface area contributed by atoms with E-state index < -0.39 is 17.7 Å². The lowest BCUT2D eigenvalue weighted by atomic mass is 10.0. The molecular weight excluding hydrogens is 186 g/mol. The van der Waals surface area contributed by atoms with Crippen molar-refractivity contribution in [2.24, 2.45) is 16.6 Å². The lowest BCUT2D eigenvalue weighted by molar-refractivity contribution is -0.147. The van der Waals surface area contributed by atoms with E-state index in [1.807, 2.05) is 0 Å². The summed E-state index contributed by atoms with van der Waals surface area (Å²) in [6.07, 6.45) is 0.0159. The molecule has 0 amide bonds. The summed E-state index contributed by atoms with van der Waals surface area (Å²) >= 11 is 5.44. The molecule has 0 aromatic rings. The van der Waals surface area contributed by atoms with Crippen LogP contribution in [0.3, 0.4) is 0 Å². The van der Waals surface area contributed by atoms with Gasteiger partial charge in [0.1, 0.15) is 0 Å². The molecule has 7 heteroatoms. The molecule has 0 fully saturated rings. The van der Waals surface area contributed by atoms with Crippen LogP contribution in [0.2, 0.25) is 0 Å². The van der Waals surface area contributed by atoms with Crippen LogP contribution in [0.1, 0.15) is 6.42 Å². The normalized spacial score (nSPS) is 30.8. The second-order valence-corrected chi connectivity index (χ2v) is 2.94. The highest BCUT2D eigenvalue weighted by molar-refractivity contribution is 6.65. The summed E-state index contributed by atoms with van der Waals surface area (Å²) in [7, 11) is 0. The topological polar surface area (TPSA) is 111 Å². The number of carbonyl (C=O) groups is 1. The Morgan fingerprint density at radius 3 is 2.83 bits per heavy atom. The predicted molar refractivity (Wildman–Crippen MR) is 41.5 cm³/mol. The SMILES string of the molecule is NC(C(=O)O)C1(N)CC(Cl)=NO1. The largest absolute Gasteiger partial charge is 0.480 e. The summed E-state index contributed by atoms with van der Waals surface area (Å²) in [5, 5.41) is 11.9. The Kier molecular flexibility index (Phi) is 2.22. The number of carboxylic acids is 1. The average molecular weight is 194 g/mol. The molecule has 0 radical (unpaired) electrons.